The van der Waals surface area contributed by atoms with E-state index in [-0.39, 0.29) is 6.10 Å². The van der Waals surface area contributed by atoms with Crippen LogP contribution in [0.4, 0.5) is 5.82 Å². The molecule has 1 unspecified atom stereocenters. The Morgan fingerprint density at radius 3 is 2.52 bits per heavy atom. The zero-order valence-electron chi connectivity index (χ0n) is 26.0. The number of amides is 1. The summed E-state index contributed by atoms with van der Waals surface area (Å²) in [5.41, 5.74) is 19.0. The van der Waals surface area contributed by atoms with E-state index in [1.165, 1.54) is 0 Å². The lowest BCUT2D eigenvalue weighted by atomic mass is 9.94. The maximum Gasteiger partial charge on any atom is 0.248 e. The number of benzene rings is 2. The second kappa shape index (κ2) is 14.4. The Kier molecular flexibility index (Phi) is 10.2. The lowest BCUT2D eigenvalue weighted by Gasteiger charge is -2.22. The molecule has 0 aliphatic carbocycles. The Balaban J connectivity index is 1.39. The fourth-order valence-electron chi connectivity index (χ4n) is 5.71. The number of likely N-dealkylation sites (N-methyl/N-ethyl adjacent to an activating group) is 1. The third-order valence-electron chi connectivity index (χ3n) is 8.00. The quantitative estimate of drug-likeness (QED) is 0.149. The summed E-state index contributed by atoms with van der Waals surface area (Å²) in [5.74, 6) is 1.02. The van der Waals surface area contributed by atoms with Crippen LogP contribution in [-0.2, 0) is 24.1 Å². The van der Waals surface area contributed by atoms with Crippen molar-refractivity contribution >= 4 is 33.8 Å². The van der Waals surface area contributed by atoms with E-state index in [9.17, 15) is 4.79 Å². The first-order chi connectivity index (χ1) is 21.4. The number of ether oxygens (including phenoxy) is 1. The van der Waals surface area contributed by atoms with Gasteiger partial charge in [0.15, 0.2) is 5.82 Å². The minimum atomic E-state index is -0.417. The number of pyridine rings is 2. The molecule has 0 fully saturated rings. The van der Waals surface area contributed by atoms with Gasteiger partial charge in [0.1, 0.15) is 28.5 Å². The molecule has 3 heterocycles. The number of rotatable bonds is 15. The number of hydrogen-bond acceptors (Lipinski definition) is 7. The Bertz CT molecular complexity index is 1720. The van der Waals surface area contributed by atoms with Crippen molar-refractivity contribution in [2.45, 2.75) is 58.1 Å². The van der Waals surface area contributed by atoms with Gasteiger partial charge in [0.25, 0.3) is 0 Å². The molecule has 3 aromatic heterocycles. The molecule has 0 bridgehead atoms. The number of carbonyl (C=O) groups is 1. The molecule has 9 heteroatoms. The number of nitrogens with zero attached hydrogens (tertiary/aromatic N) is 5. The predicted molar refractivity (Wildman–Crippen MR) is 177 cm³/mol. The number of imidazole rings is 1. The van der Waals surface area contributed by atoms with Gasteiger partial charge in [0.05, 0.1) is 12.1 Å². The molecule has 44 heavy (non-hydrogen) atoms. The third-order valence-corrected chi connectivity index (χ3v) is 8.00. The molecule has 230 valence electrons. The van der Waals surface area contributed by atoms with Gasteiger partial charge in [-0.25, -0.2) is 9.97 Å². The smallest absolute Gasteiger partial charge is 0.248 e. The average molecular weight is 594 g/mol. The van der Waals surface area contributed by atoms with Gasteiger partial charge in [-0.15, -0.1) is 0 Å². The van der Waals surface area contributed by atoms with Crippen molar-refractivity contribution in [3.63, 3.8) is 0 Å². The second-order valence-electron chi connectivity index (χ2n) is 11.6. The van der Waals surface area contributed by atoms with Gasteiger partial charge in [-0.2, -0.15) is 0 Å². The normalized spacial score (nSPS) is 12.4. The van der Waals surface area contributed by atoms with Gasteiger partial charge in [-0.1, -0.05) is 55.8 Å². The van der Waals surface area contributed by atoms with Crippen LogP contribution < -0.4 is 11.5 Å². The van der Waals surface area contributed by atoms with Gasteiger partial charge < -0.3 is 25.7 Å². The number of unbranched alkanes of at least 4 members (excludes halogenated alkanes) is 2. The monoisotopic (exact) mass is 593 g/mol. The number of aromatic nitrogens is 4. The number of fused-ring (bicyclic) bond motifs is 3. The minimum absolute atomic E-state index is 0.241. The van der Waals surface area contributed by atoms with Crippen molar-refractivity contribution in [2.75, 3.05) is 33.0 Å². The molecular weight excluding hydrogens is 550 g/mol. The molecule has 0 saturated heterocycles. The summed E-state index contributed by atoms with van der Waals surface area (Å²) in [6.45, 7) is 4.34. The van der Waals surface area contributed by atoms with Crippen molar-refractivity contribution in [2.24, 2.45) is 5.73 Å². The number of nitrogens with two attached hydrogens (primary N) is 2. The molecule has 1 amide bonds. The zero-order chi connectivity index (χ0) is 31.1. The molecule has 0 aliphatic heterocycles. The summed E-state index contributed by atoms with van der Waals surface area (Å²) in [4.78, 5) is 28.7. The van der Waals surface area contributed by atoms with E-state index < -0.39 is 5.91 Å². The Morgan fingerprint density at radius 2 is 1.77 bits per heavy atom. The topological polar surface area (TPSA) is 125 Å². The first kappa shape index (κ1) is 31.1. The molecule has 0 spiro atoms. The standard InChI is InChI=1S/C35H43N7O2/c1-4-5-16-29-40-31-32(30-28(39-34(31)36)15-11-19-38-30)42(29)20-10-9-14-25-23-26(17-18-27(25)35(37)43)33(44-22-21-41(2)3)24-12-7-6-8-13-24/h6-8,11-13,15,17-19,23,33H,4-5,9-10,14,16,20-22H2,1-3H3,(H2,36,39)(H2,37,43). The van der Waals surface area contributed by atoms with Crippen LogP contribution in [0.5, 0.6) is 0 Å². The van der Waals surface area contributed by atoms with Gasteiger partial charge in [-0.05, 0) is 74.7 Å². The molecule has 5 aromatic rings. The van der Waals surface area contributed by atoms with Crippen molar-refractivity contribution < 1.29 is 9.53 Å². The summed E-state index contributed by atoms with van der Waals surface area (Å²) in [7, 11) is 4.07. The molecule has 0 aliphatic rings. The van der Waals surface area contributed by atoms with Gasteiger partial charge in [-0.3, -0.25) is 9.78 Å². The van der Waals surface area contributed by atoms with Gasteiger partial charge in [0.2, 0.25) is 5.91 Å². The second-order valence-corrected chi connectivity index (χ2v) is 11.6. The number of anilines is 1. The number of primary amides is 1. The predicted octanol–water partition coefficient (Wildman–Crippen LogP) is 5.69. The number of nitrogen functional groups attached to an aromatic ring is 1. The summed E-state index contributed by atoms with van der Waals surface area (Å²) >= 11 is 0. The molecule has 2 aromatic carbocycles. The van der Waals surface area contributed by atoms with E-state index in [4.69, 9.17) is 21.2 Å². The first-order valence-electron chi connectivity index (χ1n) is 15.5. The summed E-state index contributed by atoms with van der Waals surface area (Å²) in [5, 5.41) is 0. The van der Waals surface area contributed by atoms with Crippen molar-refractivity contribution in [1.82, 2.24) is 24.4 Å². The Labute approximate surface area is 259 Å². The van der Waals surface area contributed by atoms with E-state index in [0.717, 1.165) is 84.3 Å². The van der Waals surface area contributed by atoms with Crippen LogP contribution in [0.3, 0.4) is 0 Å². The molecule has 1 atom stereocenters. The highest BCUT2D eigenvalue weighted by molar-refractivity contribution is 6.04. The maximum absolute atomic E-state index is 12.4. The molecular formula is C35H43N7O2. The number of carbonyl (C=O) groups excluding carboxylic acids is 1. The Hall–Kier alpha value is -4.34. The van der Waals surface area contributed by atoms with Crippen LogP contribution in [0.2, 0.25) is 0 Å². The van der Waals surface area contributed by atoms with Crippen LogP contribution in [0.15, 0.2) is 66.9 Å². The van der Waals surface area contributed by atoms with Crippen LogP contribution in [-0.4, -0.2) is 57.6 Å². The fourth-order valence-corrected chi connectivity index (χ4v) is 5.71. The highest BCUT2D eigenvalue weighted by Gasteiger charge is 2.20. The third kappa shape index (κ3) is 7.06. The highest BCUT2D eigenvalue weighted by Crippen LogP contribution is 2.30. The average Bonchev–Trinajstić information content (AvgIpc) is 3.39. The van der Waals surface area contributed by atoms with Crippen molar-refractivity contribution in [3.8, 4) is 0 Å². The van der Waals surface area contributed by atoms with E-state index in [2.05, 4.69) is 44.6 Å². The summed E-state index contributed by atoms with van der Waals surface area (Å²) in [6.07, 6.45) is 6.97. The molecule has 4 N–H and O–H groups in total. The van der Waals surface area contributed by atoms with Crippen LogP contribution in [0.1, 0.15) is 71.6 Å². The summed E-state index contributed by atoms with van der Waals surface area (Å²) in [6, 6.07) is 19.9. The number of hydrogen-bond donors (Lipinski definition) is 2. The largest absolute Gasteiger partial charge is 0.382 e. The van der Waals surface area contributed by atoms with Gasteiger partial charge >= 0.3 is 0 Å². The zero-order valence-corrected chi connectivity index (χ0v) is 26.0. The van der Waals surface area contributed by atoms with E-state index in [1.807, 2.05) is 56.6 Å². The number of aryl methyl sites for hydroxylation is 3. The fraction of sp³-hybridized carbons (Fsp3) is 0.371. The van der Waals surface area contributed by atoms with E-state index in [1.54, 1.807) is 6.20 Å². The molecule has 9 nitrogen and oxygen atoms in total. The lowest BCUT2D eigenvalue weighted by molar-refractivity contribution is 0.0686. The van der Waals surface area contributed by atoms with E-state index >= 15 is 0 Å². The van der Waals surface area contributed by atoms with Crippen LogP contribution >= 0.6 is 0 Å². The first-order valence-corrected chi connectivity index (χ1v) is 15.5. The minimum Gasteiger partial charge on any atom is -0.382 e. The Morgan fingerprint density at radius 1 is 0.955 bits per heavy atom. The maximum atomic E-state index is 12.4. The van der Waals surface area contributed by atoms with Gasteiger partial charge in [0, 0.05) is 31.3 Å². The summed E-state index contributed by atoms with van der Waals surface area (Å²) < 4.78 is 8.67. The van der Waals surface area contributed by atoms with Crippen molar-refractivity contribution in [3.05, 3.63) is 94.9 Å². The lowest BCUT2D eigenvalue weighted by Crippen LogP contribution is -2.20. The molecule has 5 rings (SSSR count). The van der Waals surface area contributed by atoms with Crippen molar-refractivity contribution in [1.29, 1.82) is 0 Å². The highest BCUT2D eigenvalue weighted by atomic mass is 16.5. The SMILES string of the molecule is CCCCc1nc2c(N)nc3cccnc3c2n1CCCCc1cc(C(OCCN(C)C)c2ccccc2)ccc1C(N)=O. The molecule has 0 saturated carbocycles. The van der Waals surface area contributed by atoms with Crippen LogP contribution in [0.25, 0.3) is 22.1 Å². The molecule has 0 radical (unpaired) electrons. The van der Waals surface area contributed by atoms with E-state index in [0.29, 0.717) is 29.9 Å². The van der Waals surface area contributed by atoms with Crippen LogP contribution in [0, 0.1) is 0 Å².